The highest BCUT2D eigenvalue weighted by atomic mass is 16.6. The van der Waals surface area contributed by atoms with Gasteiger partial charge in [0.15, 0.2) is 5.92 Å². The average molecular weight is 274 g/mol. The third kappa shape index (κ3) is 2.90. The summed E-state index contributed by atoms with van der Waals surface area (Å²) in [5, 5.41) is 0. The molecule has 0 N–H and O–H groups in total. The number of carbonyl (C=O) groups excluding carboxylic acids is 2. The summed E-state index contributed by atoms with van der Waals surface area (Å²) in [6, 6.07) is 7.89. The van der Waals surface area contributed by atoms with Gasteiger partial charge in [-0.3, -0.25) is 9.59 Å². The summed E-state index contributed by atoms with van der Waals surface area (Å²) in [4.78, 5) is 23.8. The number of fused-ring (bicyclic) bond motifs is 1. The van der Waals surface area contributed by atoms with Gasteiger partial charge in [-0.05, 0) is 37.0 Å². The predicted octanol–water partition coefficient (Wildman–Crippen LogP) is 2.67. The highest BCUT2D eigenvalue weighted by Crippen LogP contribution is 2.36. The SMILES string of the molecule is CCOC(=O)C(CC1=Cc2ccccc21)C(=O)OCC. The van der Waals surface area contributed by atoms with Gasteiger partial charge in [-0.1, -0.05) is 30.3 Å². The van der Waals surface area contributed by atoms with Crippen molar-refractivity contribution in [3.05, 3.63) is 35.4 Å². The molecule has 1 aliphatic carbocycles. The number of ether oxygens (including phenoxy) is 2. The number of allylic oxidation sites excluding steroid dienone is 1. The van der Waals surface area contributed by atoms with E-state index in [4.69, 9.17) is 9.47 Å². The molecule has 4 heteroatoms. The van der Waals surface area contributed by atoms with Crippen molar-refractivity contribution in [3.8, 4) is 0 Å². The Kier molecular flexibility index (Phi) is 4.56. The number of esters is 2. The molecule has 0 saturated heterocycles. The largest absolute Gasteiger partial charge is 0.465 e. The Balaban J connectivity index is 2.09. The molecule has 0 heterocycles. The third-order valence-corrected chi connectivity index (χ3v) is 3.20. The maximum absolute atomic E-state index is 11.9. The van der Waals surface area contributed by atoms with Gasteiger partial charge in [-0.2, -0.15) is 0 Å². The Morgan fingerprint density at radius 3 is 2.20 bits per heavy atom. The van der Waals surface area contributed by atoms with Crippen molar-refractivity contribution in [3.63, 3.8) is 0 Å². The molecule has 0 fully saturated rings. The van der Waals surface area contributed by atoms with Crippen LogP contribution in [-0.2, 0) is 19.1 Å². The van der Waals surface area contributed by atoms with Crippen molar-refractivity contribution in [1.82, 2.24) is 0 Å². The van der Waals surface area contributed by atoms with Crippen LogP contribution >= 0.6 is 0 Å². The standard InChI is InChI=1S/C16H18O4/c1-3-19-15(17)14(16(18)20-4-2)10-12-9-11-7-5-6-8-13(11)12/h5-9,14H,3-4,10H2,1-2H3. The smallest absolute Gasteiger partial charge is 0.320 e. The van der Waals surface area contributed by atoms with Gasteiger partial charge in [0, 0.05) is 0 Å². The van der Waals surface area contributed by atoms with Gasteiger partial charge in [-0.25, -0.2) is 0 Å². The van der Waals surface area contributed by atoms with E-state index in [1.54, 1.807) is 13.8 Å². The molecule has 2 rings (SSSR count). The number of carbonyl (C=O) groups is 2. The molecular formula is C16H18O4. The minimum atomic E-state index is -0.880. The Hall–Kier alpha value is -2.10. The van der Waals surface area contributed by atoms with Gasteiger partial charge >= 0.3 is 11.9 Å². The van der Waals surface area contributed by atoms with Crippen molar-refractivity contribution < 1.29 is 19.1 Å². The molecule has 4 nitrogen and oxygen atoms in total. The number of benzene rings is 1. The van der Waals surface area contributed by atoms with Crippen LogP contribution in [0.25, 0.3) is 11.6 Å². The van der Waals surface area contributed by atoms with E-state index in [0.29, 0.717) is 6.42 Å². The van der Waals surface area contributed by atoms with Crippen LogP contribution in [0.4, 0.5) is 0 Å². The van der Waals surface area contributed by atoms with E-state index in [0.717, 1.165) is 16.7 Å². The van der Waals surface area contributed by atoms with Gasteiger partial charge in [0.05, 0.1) is 13.2 Å². The molecule has 0 atom stereocenters. The van der Waals surface area contributed by atoms with E-state index < -0.39 is 17.9 Å². The molecular weight excluding hydrogens is 256 g/mol. The Morgan fingerprint density at radius 2 is 1.65 bits per heavy atom. The van der Waals surface area contributed by atoms with E-state index in [1.807, 2.05) is 30.3 Å². The van der Waals surface area contributed by atoms with Gasteiger partial charge < -0.3 is 9.47 Å². The summed E-state index contributed by atoms with van der Waals surface area (Å²) in [5.74, 6) is -1.91. The normalized spacial score (nSPS) is 12.2. The second kappa shape index (κ2) is 6.37. The first-order valence-electron chi connectivity index (χ1n) is 6.80. The zero-order valence-corrected chi connectivity index (χ0v) is 11.7. The summed E-state index contributed by atoms with van der Waals surface area (Å²) in [6.45, 7) is 3.95. The molecule has 20 heavy (non-hydrogen) atoms. The molecule has 1 aromatic carbocycles. The minimum absolute atomic E-state index is 0.254. The lowest BCUT2D eigenvalue weighted by molar-refractivity contribution is -0.161. The fourth-order valence-corrected chi connectivity index (χ4v) is 2.24. The predicted molar refractivity (Wildman–Crippen MR) is 75.7 cm³/mol. The van der Waals surface area contributed by atoms with Gasteiger partial charge in [0.2, 0.25) is 0 Å². The van der Waals surface area contributed by atoms with Crippen LogP contribution < -0.4 is 0 Å². The molecule has 0 bridgehead atoms. The first-order valence-corrected chi connectivity index (χ1v) is 6.80. The number of hydrogen-bond acceptors (Lipinski definition) is 4. The van der Waals surface area contributed by atoms with Crippen LogP contribution in [-0.4, -0.2) is 25.2 Å². The Labute approximate surface area is 118 Å². The minimum Gasteiger partial charge on any atom is -0.465 e. The van der Waals surface area contributed by atoms with Crippen LogP contribution in [0.2, 0.25) is 0 Å². The number of hydrogen-bond donors (Lipinski definition) is 0. The molecule has 1 aromatic rings. The summed E-state index contributed by atoms with van der Waals surface area (Å²) < 4.78 is 9.92. The maximum atomic E-state index is 11.9. The first kappa shape index (κ1) is 14.3. The lowest BCUT2D eigenvalue weighted by atomic mass is 9.83. The summed E-state index contributed by atoms with van der Waals surface area (Å²) in [5.41, 5.74) is 3.21. The highest BCUT2D eigenvalue weighted by Gasteiger charge is 2.32. The summed E-state index contributed by atoms with van der Waals surface area (Å²) >= 11 is 0. The number of rotatable bonds is 6. The first-order chi connectivity index (χ1) is 9.67. The van der Waals surface area contributed by atoms with Crippen molar-refractivity contribution in [1.29, 1.82) is 0 Å². The lowest BCUT2D eigenvalue weighted by Gasteiger charge is -2.23. The second-order valence-corrected chi connectivity index (χ2v) is 4.52. The van der Waals surface area contributed by atoms with Crippen molar-refractivity contribution in [2.24, 2.45) is 5.92 Å². The van der Waals surface area contributed by atoms with E-state index in [-0.39, 0.29) is 13.2 Å². The van der Waals surface area contributed by atoms with Crippen LogP contribution in [0.5, 0.6) is 0 Å². The molecule has 1 aliphatic rings. The van der Waals surface area contributed by atoms with Crippen molar-refractivity contribution in [2.45, 2.75) is 20.3 Å². The topological polar surface area (TPSA) is 52.6 Å². The third-order valence-electron chi connectivity index (χ3n) is 3.20. The summed E-state index contributed by atoms with van der Waals surface area (Å²) in [7, 11) is 0. The molecule has 0 saturated carbocycles. The molecule has 0 unspecified atom stereocenters. The second-order valence-electron chi connectivity index (χ2n) is 4.52. The Bertz CT molecular complexity index is 527. The van der Waals surface area contributed by atoms with Gasteiger partial charge in [0.1, 0.15) is 0 Å². The summed E-state index contributed by atoms with van der Waals surface area (Å²) in [6.07, 6.45) is 2.31. The maximum Gasteiger partial charge on any atom is 0.320 e. The van der Waals surface area contributed by atoms with E-state index >= 15 is 0 Å². The monoisotopic (exact) mass is 274 g/mol. The van der Waals surface area contributed by atoms with Crippen molar-refractivity contribution >= 4 is 23.6 Å². The molecule has 0 spiro atoms. The average Bonchev–Trinajstić information content (AvgIpc) is 2.40. The van der Waals surface area contributed by atoms with E-state index in [9.17, 15) is 9.59 Å². The molecule has 106 valence electrons. The quantitative estimate of drug-likeness (QED) is 0.591. The molecule has 0 radical (unpaired) electrons. The zero-order chi connectivity index (χ0) is 14.5. The Morgan fingerprint density at radius 1 is 1.05 bits per heavy atom. The van der Waals surface area contributed by atoms with Crippen LogP contribution in [0.3, 0.4) is 0 Å². The molecule has 0 aromatic heterocycles. The van der Waals surface area contributed by atoms with Gasteiger partial charge in [0.25, 0.3) is 0 Å². The fraction of sp³-hybridized carbons (Fsp3) is 0.375. The lowest BCUT2D eigenvalue weighted by Crippen LogP contribution is -2.29. The van der Waals surface area contributed by atoms with Crippen LogP contribution in [0, 0.1) is 5.92 Å². The fourth-order valence-electron chi connectivity index (χ4n) is 2.24. The van der Waals surface area contributed by atoms with E-state index in [1.165, 1.54) is 0 Å². The van der Waals surface area contributed by atoms with Crippen LogP contribution in [0.15, 0.2) is 24.3 Å². The van der Waals surface area contributed by atoms with Crippen molar-refractivity contribution in [2.75, 3.05) is 13.2 Å². The molecule has 0 amide bonds. The van der Waals surface area contributed by atoms with E-state index in [2.05, 4.69) is 0 Å². The van der Waals surface area contributed by atoms with Gasteiger partial charge in [-0.15, -0.1) is 0 Å². The van der Waals surface area contributed by atoms with Crippen LogP contribution in [0.1, 0.15) is 31.4 Å². The zero-order valence-electron chi connectivity index (χ0n) is 11.7. The highest BCUT2D eigenvalue weighted by molar-refractivity contribution is 6.01. The molecule has 0 aliphatic heterocycles.